The van der Waals surface area contributed by atoms with Crippen LogP contribution in [-0.4, -0.2) is 33.1 Å². The minimum absolute atomic E-state index is 0.215. The average Bonchev–Trinajstić information content (AvgIpc) is 3.03. The van der Waals surface area contributed by atoms with Gasteiger partial charge in [0.05, 0.1) is 17.8 Å². The molecule has 6 atom stereocenters. The Hall–Kier alpha value is -0.900. The van der Waals surface area contributed by atoms with Crippen LogP contribution in [-0.2, 0) is 0 Å². The van der Waals surface area contributed by atoms with Crippen molar-refractivity contribution in [2.24, 2.45) is 23.2 Å². The van der Waals surface area contributed by atoms with Crippen LogP contribution in [0.5, 0.6) is 0 Å². The van der Waals surface area contributed by atoms with Crippen molar-refractivity contribution in [3.8, 4) is 0 Å². The lowest BCUT2D eigenvalue weighted by atomic mass is 9.60. The summed E-state index contributed by atoms with van der Waals surface area (Å²) < 4.78 is 0. The molecule has 3 heteroatoms. The fraction of sp³-hybridized carbons (Fsp3) is 0.778. The molecule has 170 valence electrons. The molecule has 0 aromatic heterocycles. The van der Waals surface area contributed by atoms with E-state index in [1.54, 1.807) is 19.4 Å². The monoisotopic (exact) mass is 416 g/mol. The molecule has 0 amide bonds. The van der Waals surface area contributed by atoms with E-state index in [1.165, 1.54) is 43.3 Å². The van der Waals surface area contributed by atoms with E-state index in [0.717, 1.165) is 25.7 Å². The molecule has 0 spiro atoms. The van der Waals surface area contributed by atoms with Gasteiger partial charge in [0.15, 0.2) is 0 Å². The third-order valence-electron chi connectivity index (χ3n) is 8.62. The number of hydrogen-bond acceptors (Lipinski definition) is 3. The van der Waals surface area contributed by atoms with Crippen LogP contribution in [0.4, 0.5) is 0 Å². The first kappa shape index (κ1) is 23.8. The number of fused-ring (bicyclic) bond motifs is 1. The molecular formula is C27H44O3. The summed E-state index contributed by atoms with van der Waals surface area (Å²) in [5.74, 6) is 1.89. The minimum atomic E-state index is -1.02. The van der Waals surface area contributed by atoms with Crippen LogP contribution >= 0.6 is 0 Å². The zero-order valence-corrected chi connectivity index (χ0v) is 19.7. The van der Waals surface area contributed by atoms with Gasteiger partial charge in [-0.05, 0) is 107 Å². The molecule has 0 aromatic carbocycles. The van der Waals surface area contributed by atoms with Gasteiger partial charge in [-0.2, -0.15) is 0 Å². The lowest BCUT2D eigenvalue weighted by Crippen LogP contribution is -2.38. The lowest BCUT2D eigenvalue weighted by Gasteiger charge is -2.44. The number of hydrogen-bond donors (Lipinski definition) is 3. The standard InChI is InChI=1S/C27H44O3/c1-18-8-12-22(28)17-21(18)11-10-20-7-6-16-27(5)23(13-14-24(20)27)19(2)9-15-25(29)26(3,4)30/h10-11,19,22-25,28-30H,1,6-9,12-17H2,2-5H3/b20-10+,21-11+/t19?,22-,23?,24?,25+,27?/m0/s1. The fourth-order valence-electron chi connectivity index (χ4n) is 6.58. The molecule has 0 bridgehead atoms. The van der Waals surface area contributed by atoms with E-state index in [-0.39, 0.29) is 6.10 Å². The topological polar surface area (TPSA) is 60.7 Å². The van der Waals surface area contributed by atoms with E-state index in [0.29, 0.717) is 29.6 Å². The maximum Gasteiger partial charge on any atom is 0.0849 e. The van der Waals surface area contributed by atoms with Crippen LogP contribution in [0.1, 0.15) is 91.9 Å². The van der Waals surface area contributed by atoms with E-state index < -0.39 is 11.7 Å². The second-order valence-electron chi connectivity index (χ2n) is 11.3. The van der Waals surface area contributed by atoms with Gasteiger partial charge >= 0.3 is 0 Å². The maximum absolute atomic E-state index is 10.3. The molecule has 4 unspecified atom stereocenters. The van der Waals surface area contributed by atoms with Crippen LogP contribution in [0, 0.1) is 23.2 Å². The summed E-state index contributed by atoms with van der Waals surface area (Å²) in [6, 6.07) is 0. The zero-order valence-electron chi connectivity index (χ0n) is 19.7. The van der Waals surface area contributed by atoms with Gasteiger partial charge in [-0.3, -0.25) is 0 Å². The summed E-state index contributed by atoms with van der Waals surface area (Å²) in [5, 5.41) is 30.3. The highest BCUT2D eigenvalue weighted by atomic mass is 16.3. The summed E-state index contributed by atoms with van der Waals surface area (Å²) >= 11 is 0. The first-order valence-electron chi connectivity index (χ1n) is 12.2. The first-order chi connectivity index (χ1) is 14.0. The van der Waals surface area contributed by atoms with Crippen LogP contribution in [0.3, 0.4) is 0 Å². The molecule has 0 heterocycles. The van der Waals surface area contributed by atoms with E-state index in [4.69, 9.17) is 0 Å². The Morgan fingerprint density at radius 2 is 1.90 bits per heavy atom. The lowest BCUT2D eigenvalue weighted by molar-refractivity contribution is -0.0554. The van der Waals surface area contributed by atoms with Crippen LogP contribution in [0.25, 0.3) is 0 Å². The van der Waals surface area contributed by atoms with Crippen molar-refractivity contribution in [1.82, 2.24) is 0 Å². The van der Waals surface area contributed by atoms with Gasteiger partial charge in [0, 0.05) is 0 Å². The second-order valence-corrected chi connectivity index (χ2v) is 11.3. The Morgan fingerprint density at radius 1 is 1.17 bits per heavy atom. The third kappa shape index (κ3) is 5.11. The normalized spacial score (nSPS) is 37.4. The number of aliphatic hydroxyl groups excluding tert-OH is 2. The molecule has 3 rings (SSSR count). The third-order valence-corrected chi connectivity index (χ3v) is 8.62. The summed E-state index contributed by atoms with van der Waals surface area (Å²) in [7, 11) is 0. The molecule has 3 aliphatic carbocycles. The summed E-state index contributed by atoms with van der Waals surface area (Å²) in [5.41, 5.74) is 3.34. The van der Waals surface area contributed by atoms with Crippen molar-refractivity contribution in [2.45, 2.75) is 110 Å². The van der Waals surface area contributed by atoms with Gasteiger partial charge in [-0.25, -0.2) is 0 Å². The predicted molar refractivity (Wildman–Crippen MR) is 124 cm³/mol. The molecule has 0 saturated heterocycles. The van der Waals surface area contributed by atoms with E-state index in [2.05, 4.69) is 32.6 Å². The molecular weight excluding hydrogens is 372 g/mol. The van der Waals surface area contributed by atoms with E-state index in [9.17, 15) is 15.3 Å². The molecule has 0 aliphatic heterocycles. The molecule has 3 saturated carbocycles. The summed E-state index contributed by atoms with van der Waals surface area (Å²) in [4.78, 5) is 0. The van der Waals surface area contributed by atoms with Crippen molar-refractivity contribution >= 4 is 0 Å². The van der Waals surface area contributed by atoms with Gasteiger partial charge in [-0.15, -0.1) is 0 Å². The fourth-order valence-corrected chi connectivity index (χ4v) is 6.58. The molecule has 3 N–H and O–H groups in total. The highest BCUT2D eigenvalue weighted by Gasteiger charge is 2.50. The Bertz CT molecular complexity index is 683. The first-order valence-corrected chi connectivity index (χ1v) is 12.2. The highest BCUT2D eigenvalue weighted by molar-refractivity contribution is 5.36. The summed E-state index contributed by atoms with van der Waals surface area (Å²) in [6.07, 6.45) is 14.1. The Morgan fingerprint density at radius 3 is 2.60 bits per heavy atom. The Balaban J connectivity index is 1.69. The minimum Gasteiger partial charge on any atom is -0.393 e. The second kappa shape index (κ2) is 9.30. The van der Waals surface area contributed by atoms with Crippen molar-refractivity contribution < 1.29 is 15.3 Å². The van der Waals surface area contributed by atoms with E-state index >= 15 is 0 Å². The number of aliphatic hydroxyl groups is 3. The largest absolute Gasteiger partial charge is 0.393 e. The van der Waals surface area contributed by atoms with Crippen molar-refractivity contribution in [3.63, 3.8) is 0 Å². The molecule has 3 nitrogen and oxygen atoms in total. The average molecular weight is 417 g/mol. The molecule has 0 aromatic rings. The Kier molecular flexibility index (Phi) is 7.37. The molecule has 3 fully saturated rings. The maximum atomic E-state index is 10.3. The Labute approximate surface area is 184 Å². The van der Waals surface area contributed by atoms with Gasteiger partial charge in [0.25, 0.3) is 0 Å². The molecule has 30 heavy (non-hydrogen) atoms. The SMILES string of the molecule is C=C1CC[C@H](O)C/C1=C\C=C1/CCCC2(C)C1CCC2C(C)CC[C@@H](O)C(C)(C)O. The van der Waals surface area contributed by atoms with Crippen molar-refractivity contribution in [2.75, 3.05) is 0 Å². The smallest absolute Gasteiger partial charge is 0.0849 e. The predicted octanol–water partition coefficient (Wildman–Crippen LogP) is 5.70. The van der Waals surface area contributed by atoms with Crippen LogP contribution in [0.2, 0.25) is 0 Å². The molecule has 0 radical (unpaired) electrons. The van der Waals surface area contributed by atoms with Crippen LogP contribution in [0.15, 0.2) is 35.5 Å². The van der Waals surface area contributed by atoms with E-state index in [1.807, 2.05) is 0 Å². The van der Waals surface area contributed by atoms with Crippen molar-refractivity contribution in [1.29, 1.82) is 0 Å². The quantitative estimate of drug-likeness (QED) is 0.520. The number of rotatable bonds is 6. The van der Waals surface area contributed by atoms with Gasteiger partial charge in [0.2, 0.25) is 0 Å². The molecule has 3 aliphatic rings. The van der Waals surface area contributed by atoms with Crippen molar-refractivity contribution in [3.05, 3.63) is 35.5 Å². The van der Waals surface area contributed by atoms with Gasteiger partial charge < -0.3 is 15.3 Å². The van der Waals surface area contributed by atoms with Crippen LogP contribution < -0.4 is 0 Å². The zero-order chi connectivity index (χ0) is 22.1. The highest BCUT2D eigenvalue weighted by Crippen LogP contribution is 2.60. The van der Waals surface area contributed by atoms with Gasteiger partial charge in [0.1, 0.15) is 0 Å². The summed E-state index contributed by atoms with van der Waals surface area (Å²) in [6.45, 7) is 12.5. The number of allylic oxidation sites excluding steroid dienone is 4. The van der Waals surface area contributed by atoms with Gasteiger partial charge in [-0.1, -0.05) is 43.7 Å².